The number of rotatable bonds is 3. The van der Waals surface area contributed by atoms with Crippen molar-refractivity contribution in [3.8, 4) is 5.75 Å². The normalized spacial score (nSPS) is 12.0. The van der Waals surface area contributed by atoms with Crippen LogP contribution in [0.4, 0.5) is 13.2 Å². The number of phenols is 1. The van der Waals surface area contributed by atoms with Crippen molar-refractivity contribution in [3.05, 3.63) is 29.1 Å². The molecule has 0 aromatic heterocycles. The number of hydrogen-bond donors (Lipinski definition) is 3. The fourth-order valence-corrected chi connectivity index (χ4v) is 1.09. The number of carbonyl (C=O) groups is 2. The van der Waals surface area contributed by atoms with Crippen LogP contribution in [0.25, 0.3) is 0 Å². The Hall–Kier alpha value is -2.25. The molecular weight excluding hydrogens is 255 g/mol. The molecule has 1 rings (SSSR count). The number of nitrogens with one attached hydrogen (secondary N) is 1. The molecule has 0 saturated heterocycles. The van der Waals surface area contributed by atoms with Gasteiger partial charge < -0.3 is 15.5 Å². The Labute approximate surface area is 98.8 Å². The Bertz CT molecular complexity index is 518. The maximum atomic E-state index is 13.3. The van der Waals surface area contributed by atoms with E-state index in [2.05, 4.69) is 0 Å². The highest BCUT2D eigenvalue weighted by molar-refractivity contribution is 5.97. The summed E-state index contributed by atoms with van der Waals surface area (Å²) in [6, 6.07) is -1.12. The summed E-state index contributed by atoms with van der Waals surface area (Å²) >= 11 is 0. The van der Waals surface area contributed by atoms with E-state index >= 15 is 0 Å². The molecule has 0 aliphatic heterocycles. The monoisotopic (exact) mass is 263 g/mol. The third-order valence-corrected chi connectivity index (χ3v) is 2.10. The van der Waals surface area contributed by atoms with Gasteiger partial charge >= 0.3 is 5.97 Å². The first-order valence-corrected chi connectivity index (χ1v) is 4.65. The molecule has 8 heteroatoms. The predicted molar refractivity (Wildman–Crippen MR) is 52.5 cm³/mol. The van der Waals surface area contributed by atoms with E-state index in [1.54, 1.807) is 0 Å². The molecule has 1 amide bonds. The van der Waals surface area contributed by atoms with Gasteiger partial charge in [-0.05, 0) is 13.0 Å². The molecule has 18 heavy (non-hydrogen) atoms. The van der Waals surface area contributed by atoms with Crippen molar-refractivity contribution in [1.82, 2.24) is 5.32 Å². The summed E-state index contributed by atoms with van der Waals surface area (Å²) < 4.78 is 38.9. The first-order chi connectivity index (χ1) is 8.25. The highest BCUT2D eigenvalue weighted by atomic mass is 19.2. The van der Waals surface area contributed by atoms with E-state index < -0.39 is 46.7 Å². The van der Waals surface area contributed by atoms with Crippen molar-refractivity contribution < 1.29 is 33.0 Å². The fourth-order valence-electron chi connectivity index (χ4n) is 1.09. The summed E-state index contributed by atoms with van der Waals surface area (Å²) in [5.74, 6) is -9.42. The van der Waals surface area contributed by atoms with Gasteiger partial charge in [0.25, 0.3) is 5.91 Å². The lowest BCUT2D eigenvalue weighted by Crippen LogP contribution is -2.38. The molecule has 0 unspecified atom stereocenters. The van der Waals surface area contributed by atoms with E-state index in [0.29, 0.717) is 0 Å². The van der Waals surface area contributed by atoms with Gasteiger partial charge in [-0.2, -0.15) is 4.39 Å². The summed E-state index contributed by atoms with van der Waals surface area (Å²) in [7, 11) is 0. The van der Waals surface area contributed by atoms with Crippen molar-refractivity contribution in [2.75, 3.05) is 0 Å². The Morgan fingerprint density at radius 3 is 2.33 bits per heavy atom. The standard InChI is InChI=1S/C10H8F3NO4/c1-3(10(17)18)14-9(16)4-2-5(11)7(13)8(15)6(4)12/h2-3,15H,1H3,(H,14,16)(H,17,18)/t3-/m0/s1. The quantitative estimate of drug-likeness (QED) is 0.710. The molecule has 1 aromatic carbocycles. The summed E-state index contributed by atoms with van der Waals surface area (Å²) in [5.41, 5.74) is -0.987. The molecular formula is C10H8F3NO4. The second kappa shape index (κ2) is 4.94. The minimum absolute atomic E-state index is 0.230. The number of phenolic OH excluding ortho intramolecular Hbond substituents is 1. The smallest absolute Gasteiger partial charge is 0.325 e. The SMILES string of the molecule is C[C@H](NC(=O)c1cc(F)c(F)c(O)c1F)C(=O)O. The number of carboxylic acids is 1. The van der Waals surface area contributed by atoms with Gasteiger partial charge in [0.15, 0.2) is 17.4 Å². The zero-order valence-electron chi connectivity index (χ0n) is 9.00. The number of carbonyl (C=O) groups excluding carboxylic acids is 1. The van der Waals surface area contributed by atoms with Crippen LogP contribution in [-0.2, 0) is 4.79 Å². The Morgan fingerprint density at radius 1 is 1.28 bits per heavy atom. The minimum atomic E-state index is -1.82. The minimum Gasteiger partial charge on any atom is -0.503 e. The largest absolute Gasteiger partial charge is 0.503 e. The second-order valence-electron chi connectivity index (χ2n) is 3.42. The van der Waals surface area contributed by atoms with E-state index in [1.807, 2.05) is 5.32 Å². The number of aliphatic carboxylic acids is 1. The van der Waals surface area contributed by atoms with Crippen LogP contribution in [0.1, 0.15) is 17.3 Å². The highest BCUT2D eigenvalue weighted by Crippen LogP contribution is 2.25. The van der Waals surface area contributed by atoms with Crippen LogP contribution in [0, 0.1) is 17.5 Å². The van der Waals surface area contributed by atoms with E-state index in [4.69, 9.17) is 10.2 Å². The van der Waals surface area contributed by atoms with Crippen LogP contribution < -0.4 is 5.32 Å². The lowest BCUT2D eigenvalue weighted by Gasteiger charge is -2.10. The maximum absolute atomic E-state index is 13.3. The van der Waals surface area contributed by atoms with Crippen molar-refractivity contribution in [1.29, 1.82) is 0 Å². The molecule has 0 radical (unpaired) electrons. The van der Waals surface area contributed by atoms with Crippen LogP contribution in [0.5, 0.6) is 5.75 Å². The molecule has 5 nitrogen and oxygen atoms in total. The van der Waals surface area contributed by atoms with Gasteiger partial charge in [0.05, 0.1) is 5.56 Å². The van der Waals surface area contributed by atoms with Gasteiger partial charge in [-0.3, -0.25) is 9.59 Å². The predicted octanol–water partition coefficient (Wildman–Crippen LogP) is 1.01. The van der Waals surface area contributed by atoms with Crippen molar-refractivity contribution >= 4 is 11.9 Å². The Balaban J connectivity index is 3.11. The van der Waals surface area contributed by atoms with Crippen molar-refractivity contribution in [2.24, 2.45) is 0 Å². The molecule has 0 aliphatic rings. The second-order valence-corrected chi connectivity index (χ2v) is 3.42. The number of amides is 1. The van der Waals surface area contributed by atoms with Crippen LogP contribution in [0.2, 0.25) is 0 Å². The van der Waals surface area contributed by atoms with Gasteiger partial charge in [-0.15, -0.1) is 0 Å². The Kier molecular flexibility index (Phi) is 3.79. The summed E-state index contributed by atoms with van der Waals surface area (Å²) in [5, 5.41) is 19.2. The summed E-state index contributed by atoms with van der Waals surface area (Å²) in [4.78, 5) is 21.8. The Morgan fingerprint density at radius 2 is 1.83 bits per heavy atom. The van der Waals surface area contributed by atoms with Crippen LogP contribution in [0.15, 0.2) is 6.07 Å². The highest BCUT2D eigenvalue weighted by Gasteiger charge is 2.24. The molecule has 98 valence electrons. The summed E-state index contributed by atoms with van der Waals surface area (Å²) in [6.07, 6.45) is 0. The van der Waals surface area contributed by atoms with Gasteiger partial charge in [-0.1, -0.05) is 0 Å². The molecule has 3 N–H and O–H groups in total. The third kappa shape index (κ3) is 2.53. The molecule has 0 bridgehead atoms. The number of carboxylic acid groups (broad SMARTS) is 1. The molecule has 0 saturated carbocycles. The summed E-state index contributed by atoms with van der Waals surface area (Å²) in [6.45, 7) is 1.10. The first-order valence-electron chi connectivity index (χ1n) is 4.65. The number of benzene rings is 1. The van der Waals surface area contributed by atoms with Crippen LogP contribution in [0.3, 0.4) is 0 Å². The van der Waals surface area contributed by atoms with Gasteiger partial charge in [-0.25, -0.2) is 8.78 Å². The van der Waals surface area contributed by atoms with Crippen LogP contribution >= 0.6 is 0 Å². The molecule has 1 atom stereocenters. The number of aromatic hydroxyl groups is 1. The molecule has 0 aliphatic carbocycles. The first kappa shape index (κ1) is 13.8. The lowest BCUT2D eigenvalue weighted by molar-refractivity contribution is -0.138. The molecule has 0 spiro atoms. The van der Waals surface area contributed by atoms with Crippen molar-refractivity contribution in [3.63, 3.8) is 0 Å². The van der Waals surface area contributed by atoms with E-state index in [9.17, 15) is 22.8 Å². The topological polar surface area (TPSA) is 86.6 Å². The molecule has 0 fully saturated rings. The molecule has 0 heterocycles. The van der Waals surface area contributed by atoms with Crippen LogP contribution in [-0.4, -0.2) is 28.1 Å². The molecule has 1 aromatic rings. The van der Waals surface area contributed by atoms with E-state index in [0.717, 1.165) is 6.92 Å². The van der Waals surface area contributed by atoms with Gasteiger partial charge in [0, 0.05) is 0 Å². The fraction of sp³-hybridized carbons (Fsp3) is 0.200. The van der Waals surface area contributed by atoms with Crippen molar-refractivity contribution in [2.45, 2.75) is 13.0 Å². The average Bonchev–Trinajstić information content (AvgIpc) is 2.30. The van der Waals surface area contributed by atoms with E-state index in [-0.39, 0.29) is 6.07 Å². The zero-order chi connectivity index (χ0) is 14.0. The van der Waals surface area contributed by atoms with Gasteiger partial charge in [0.1, 0.15) is 6.04 Å². The third-order valence-electron chi connectivity index (χ3n) is 2.10. The van der Waals surface area contributed by atoms with Gasteiger partial charge in [0.2, 0.25) is 5.82 Å². The maximum Gasteiger partial charge on any atom is 0.325 e. The average molecular weight is 263 g/mol. The van der Waals surface area contributed by atoms with E-state index in [1.165, 1.54) is 0 Å². The number of hydrogen-bond acceptors (Lipinski definition) is 3. The zero-order valence-corrected chi connectivity index (χ0v) is 9.00. The lowest BCUT2D eigenvalue weighted by atomic mass is 10.1. The number of halogens is 3.